The normalized spacial score (nSPS) is 19.8. The molecule has 0 heteroatoms. The third-order valence-corrected chi connectivity index (χ3v) is 5.42. The highest BCUT2D eigenvalue weighted by Gasteiger charge is 2.46. The van der Waals surface area contributed by atoms with E-state index in [4.69, 9.17) is 0 Å². The second kappa shape index (κ2) is 4.47. The molecule has 0 aromatic rings. The van der Waals surface area contributed by atoms with Gasteiger partial charge in [0.25, 0.3) is 0 Å². The molecule has 0 radical (unpaired) electrons. The smallest absolute Gasteiger partial charge is 0.0247 e. The highest BCUT2D eigenvalue weighted by atomic mass is 14.5. The van der Waals surface area contributed by atoms with Crippen LogP contribution < -0.4 is 0 Å². The van der Waals surface area contributed by atoms with E-state index in [-0.39, 0.29) is 0 Å². The van der Waals surface area contributed by atoms with Crippen molar-refractivity contribution < 1.29 is 0 Å². The Bertz CT molecular complexity index is 195. The van der Waals surface area contributed by atoms with Crippen LogP contribution in [0.1, 0.15) is 75.2 Å². The molecule has 0 aliphatic carbocycles. The minimum Gasteiger partial charge on any atom is -0.0649 e. The predicted octanol–water partition coefficient (Wildman–Crippen LogP) is 5.52. The Morgan fingerprint density at radius 1 is 0.800 bits per heavy atom. The van der Waals surface area contributed by atoms with Gasteiger partial charge in [0.15, 0.2) is 0 Å². The molecule has 0 spiro atoms. The standard InChI is InChI=1S/C15H32/c1-10-14(7,8)15(9,11-2)12(3)13(4,5)6/h12H,10-11H2,1-9H3. The zero-order valence-electron chi connectivity index (χ0n) is 12.5. The molecule has 2 unspecified atom stereocenters. The quantitative estimate of drug-likeness (QED) is 0.575. The summed E-state index contributed by atoms with van der Waals surface area (Å²) >= 11 is 0. The SMILES string of the molecule is CCC(C)(C)C(C)(CC)C(C)C(C)(C)C. The molecule has 0 N–H and O–H groups in total. The highest BCUT2D eigenvalue weighted by molar-refractivity contribution is 4.95. The van der Waals surface area contributed by atoms with Crippen LogP contribution in [0.4, 0.5) is 0 Å². The van der Waals surface area contributed by atoms with Gasteiger partial charge in [0.05, 0.1) is 0 Å². The monoisotopic (exact) mass is 212 g/mol. The first-order chi connectivity index (χ1) is 6.53. The first-order valence-electron chi connectivity index (χ1n) is 6.53. The van der Waals surface area contributed by atoms with Crippen molar-refractivity contribution >= 4 is 0 Å². The van der Waals surface area contributed by atoms with Gasteiger partial charge in [0.2, 0.25) is 0 Å². The van der Waals surface area contributed by atoms with Crippen molar-refractivity contribution in [3.05, 3.63) is 0 Å². The molecule has 0 amide bonds. The highest BCUT2D eigenvalue weighted by Crippen LogP contribution is 2.54. The summed E-state index contributed by atoms with van der Waals surface area (Å²) in [6.07, 6.45) is 2.53. The van der Waals surface area contributed by atoms with E-state index < -0.39 is 0 Å². The lowest BCUT2D eigenvalue weighted by atomic mass is 9.53. The van der Waals surface area contributed by atoms with Crippen molar-refractivity contribution in [2.45, 2.75) is 75.2 Å². The second-order valence-corrected chi connectivity index (χ2v) is 7.10. The molecule has 2 atom stereocenters. The number of hydrogen-bond donors (Lipinski definition) is 0. The van der Waals surface area contributed by atoms with E-state index in [0.29, 0.717) is 16.2 Å². The van der Waals surface area contributed by atoms with Crippen LogP contribution in [-0.2, 0) is 0 Å². The summed E-state index contributed by atoms with van der Waals surface area (Å²) in [6.45, 7) is 21.6. The molecule has 0 aliphatic rings. The second-order valence-electron chi connectivity index (χ2n) is 7.10. The van der Waals surface area contributed by atoms with Gasteiger partial charge in [-0.2, -0.15) is 0 Å². The van der Waals surface area contributed by atoms with E-state index in [0.717, 1.165) is 5.92 Å². The molecule has 0 bridgehead atoms. The van der Waals surface area contributed by atoms with Crippen LogP contribution in [-0.4, -0.2) is 0 Å². The molecule has 0 saturated carbocycles. The Kier molecular flexibility index (Phi) is 4.47. The molecule has 92 valence electrons. The van der Waals surface area contributed by atoms with E-state index in [9.17, 15) is 0 Å². The summed E-state index contributed by atoms with van der Waals surface area (Å²) in [7, 11) is 0. The van der Waals surface area contributed by atoms with Gasteiger partial charge in [-0.3, -0.25) is 0 Å². The average molecular weight is 212 g/mol. The van der Waals surface area contributed by atoms with Crippen molar-refractivity contribution in [2.75, 3.05) is 0 Å². The lowest BCUT2D eigenvalue weighted by Crippen LogP contribution is -2.44. The van der Waals surface area contributed by atoms with E-state index in [2.05, 4.69) is 62.3 Å². The molecule has 0 nitrogen and oxygen atoms in total. The molecule has 15 heavy (non-hydrogen) atoms. The molecular formula is C15H32. The Hall–Kier alpha value is 0. The lowest BCUT2D eigenvalue weighted by molar-refractivity contribution is -0.0302. The van der Waals surface area contributed by atoms with E-state index in [1.165, 1.54) is 12.8 Å². The van der Waals surface area contributed by atoms with E-state index >= 15 is 0 Å². The first-order valence-corrected chi connectivity index (χ1v) is 6.53. The largest absolute Gasteiger partial charge is 0.0649 e. The summed E-state index contributed by atoms with van der Waals surface area (Å²) in [5, 5.41) is 0. The van der Waals surface area contributed by atoms with Crippen molar-refractivity contribution in [1.82, 2.24) is 0 Å². The zero-order chi connectivity index (χ0) is 12.5. The minimum absolute atomic E-state index is 0.400. The van der Waals surface area contributed by atoms with Crippen LogP contribution in [0.2, 0.25) is 0 Å². The summed E-state index contributed by atoms with van der Waals surface area (Å²) in [5.74, 6) is 0.741. The summed E-state index contributed by atoms with van der Waals surface area (Å²) in [4.78, 5) is 0. The third-order valence-electron chi connectivity index (χ3n) is 5.42. The number of rotatable bonds is 4. The molecule has 0 aromatic carbocycles. The fourth-order valence-corrected chi connectivity index (χ4v) is 2.73. The fraction of sp³-hybridized carbons (Fsp3) is 1.00. The topological polar surface area (TPSA) is 0 Å². The zero-order valence-corrected chi connectivity index (χ0v) is 12.5. The van der Waals surface area contributed by atoms with Crippen LogP contribution >= 0.6 is 0 Å². The maximum Gasteiger partial charge on any atom is -0.0247 e. The summed E-state index contributed by atoms with van der Waals surface area (Å²) in [6, 6.07) is 0. The predicted molar refractivity (Wildman–Crippen MR) is 71.1 cm³/mol. The molecule has 0 heterocycles. The maximum absolute atomic E-state index is 2.48. The lowest BCUT2D eigenvalue weighted by Gasteiger charge is -2.52. The van der Waals surface area contributed by atoms with Crippen LogP contribution in [0.25, 0.3) is 0 Å². The van der Waals surface area contributed by atoms with E-state index in [1.807, 2.05) is 0 Å². The molecule has 0 aliphatic heterocycles. The van der Waals surface area contributed by atoms with Gasteiger partial charge in [0, 0.05) is 0 Å². The maximum atomic E-state index is 2.48. The van der Waals surface area contributed by atoms with Crippen LogP contribution in [0.3, 0.4) is 0 Å². The number of hydrogen-bond acceptors (Lipinski definition) is 0. The van der Waals surface area contributed by atoms with Crippen molar-refractivity contribution in [1.29, 1.82) is 0 Å². The van der Waals surface area contributed by atoms with Crippen LogP contribution in [0, 0.1) is 22.2 Å². The summed E-state index contributed by atoms with van der Waals surface area (Å²) < 4.78 is 0. The van der Waals surface area contributed by atoms with Crippen molar-refractivity contribution in [2.24, 2.45) is 22.2 Å². The van der Waals surface area contributed by atoms with Gasteiger partial charge >= 0.3 is 0 Å². The minimum atomic E-state index is 0.400. The van der Waals surface area contributed by atoms with Gasteiger partial charge in [-0.25, -0.2) is 0 Å². The Labute approximate surface area is 97.8 Å². The average Bonchev–Trinajstić information content (AvgIpc) is 2.13. The molecule has 0 rings (SSSR count). The molecule has 0 fully saturated rings. The Morgan fingerprint density at radius 2 is 1.20 bits per heavy atom. The van der Waals surface area contributed by atoms with Gasteiger partial charge < -0.3 is 0 Å². The van der Waals surface area contributed by atoms with Crippen LogP contribution in [0.5, 0.6) is 0 Å². The summed E-state index contributed by atoms with van der Waals surface area (Å²) in [5.41, 5.74) is 1.26. The van der Waals surface area contributed by atoms with Crippen molar-refractivity contribution in [3.63, 3.8) is 0 Å². The van der Waals surface area contributed by atoms with Gasteiger partial charge in [-0.1, -0.05) is 68.7 Å². The van der Waals surface area contributed by atoms with Crippen LogP contribution in [0.15, 0.2) is 0 Å². The molecular weight excluding hydrogens is 180 g/mol. The third kappa shape index (κ3) is 2.77. The van der Waals surface area contributed by atoms with E-state index in [1.54, 1.807) is 0 Å². The molecule has 0 saturated heterocycles. The van der Waals surface area contributed by atoms with Gasteiger partial charge in [-0.15, -0.1) is 0 Å². The van der Waals surface area contributed by atoms with Crippen molar-refractivity contribution in [3.8, 4) is 0 Å². The fourth-order valence-electron chi connectivity index (χ4n) is 2.73. The van der Waals surface area contributed by atoms with Gasteiger partial charge in [-0.05, 0) is 28.6 Å². The Balaban J connectivity index is 5.19. The molecule has 0 aromatic heterocycles. The first kappa shape index (κ1) is 15.0. The Morgan fingerprint density at radius 3 is 1.40 bits per heavy atom. The van der Waals surface area contributed by atoms with Gasteiger partial charge in [0.1, 0.15) is 0 Å².